The van der Waals surface area contributed by atoms with Crippen molar-refractivity contribution in [1.29, 1.82) is 0 Å². The molecular formula is C11H18N4OS. The summed E-state index contributed by atoms with van der Waals surface area (Å²) in [6, 6.07) is 0.461. The molecule has 3 N–H and O–H groups in total. The monoisotopic (exact) mass is 254 g/mol. The van der Waals surface area contributed by atoms with Gasteiger partial charge in [0.05, 0.1) is 6.61 Å². The lowest BCUT2D eigenvalue weighted by atomic mass is 10.1. The van der Waals surface area contributed by atoms with Crippen LogP contribution in [-0.4, -0.2) is 34.1 Å². The summed E-state index contributed by atoms with van der Waals surface area (Å²) in [5, 5.41) is 3.38. The van der Waals surface area contributed by atoms with Crippen molar-refractivity contribution >= 4 is 23.3 Å². The SMILES string of the molecule is CCOc1ncnc(NC2CCSCC2)c1N. The van der Waals surface area contributed by atoms with E-state index in [9.17, 15) is 0 Å². The van der Waals surface area contributed by atoms with Crippen molar-refractivity contribution in [3.05, 3.63) is 6.33 Å². The molecular weight excluding hydrogens is 236 g/mol. The molecule has 0 aliphatic carbocycles. The van der Waals surface area contributed by atoms with E-state index >= 15 is 0 Å². The Labute approximate surface area is 106 Å². The van der Waals surface area contributed by atoms with Crippen LogP contribution in [0.5, 0.6) is 5.88 Å². The number of nitrogen functional groups attached to an aromatic ring is 1. The van der Waals surface area contributed by atoms with Crippen molar-refractivity contribution in [3.8, 4) is 5.88 Å². The summed E-state index contributed by atoms with van der Waals surface area (Å²) < 4.78 is 5.35. The van der Waals surface area contributed by atoms with Crippen LogP contribution in [0.15, 0.2) is 6.33 Å². The van der Waals surface area contributed by atoms with Gasteiger partial charge >= 0.3 is 0 Å². The molecule has 1 saturated heterocycles. The molecule has 2 rings (SSSR count). The molecule has 0 unspecified atom stereocenters. The lowest BCUT2D eigenvalue weighted by Crippen LogP contribution is -2.25. The van der Waals surface area contributed by atoms with Crippen LogP contribution < -0.4 is 15.8 Å². The van der Waals surface area contributed by atoms with Gasteiger partial charge < -0.3 is 15.8 Å². The van der Waals surface area contributed by atoms with E-state index in [4.69, 9.17) is 10.5 Å². The van der Waals surface area contributed by atoms with Gasteiger partial charge in [-0.1, -0.05) is 0 Å². The molecule has 1 aliphatic heterocycles. The van der Waals surface area contributed by atoms with Gasteiger partial charge in [-0.15, -0.1) is 0 Å². The highest BCUT2D eigenvalue weighted by Crippen LogP contribution is 2.27. The topological polar surface area (TPSA) is 73.1 Å². The molecule has 2 heterocycles. The van der Waals surface area contributed by atoms with Gasteiger partial charge in [-0.3, -0.25) is 0 Å². The first kappa shape index (κ1) is 12.3. The fourth-order valence-corrected chi connectivity index (χ4v) is 2.89. The minimum atomic E-state index is 0.461. The maximum atomic E-state index is 5.97. The minimum absolute atomic E-state index is 0.461. The standard InChI is InChI=1S/C11H18N4OS/c1-2-16-11-9(12)10(13-7-14-11)15-8-3-5-17-6-4-8/h7-8H,2-6,12H2,1H3,(H,13,14,15). The number of rotatable bonds is 4. The Balaban J connectivity index is 2.06. The van der Waals surface area contributed by atoms with E-state index in [0.29, 0.717) is 30.0 Å². The number of nitrogens with two attached hydrogens (primary N) is 1. The third-order valence-corrected chi connectivity index (χ3v) is 3.74. The van der Waals surface area contributed by atoms with E-state index in [-0.39, 0.29) is 0 Å². The third kappa shape index (κ3) is 3.15. The number of ether oxygens (including phenoxy) is 1. The van der Waals surface area contributed by atoms with E-state index in [1.807, 2.05) is 18.7 Å². The average molecular weight is 254 g/mol. The Kier molecular flexibility index (Phi) is 4.30. The predicted molar refractivity (Wildman–Crippen MR) is 71.6 cm³/mol. The summed E-state index contributed by atoms with van der Waals surface area (Å²) in [6.07, 6.45) is 3.79. The fourth-order valence-electron chi connectivity index (χ4n) is 1.78. The summed E-state index contributed by atoms with van der Waals surface area (Å²) in [7, 11) is 0. The van der Waals surface area contributed by atoms with Gasteiger partial charge in [0, 0.05) is 6.04 Å². The number of hydrogen-bond acceptors (Lipinski definition) is 6. The highest BCUT2D eigenvalue weighted by molar-refractivity contribution is 7.99. The molecule has 0 saturated carbocycles. The van der Waals surface area contributed by atoms with Crippen molar-refractivity contribution in [2.45, 2.75) is 25.8 Å². The summed E-state index contributed by atoms with van der Waals surface area (Å²) in [5.74, 6) is 3.55. The third-order valence-electron chi connectivity index (χ3n) is 2.69. The van der Waals surface area contributed by atoms with Gasteiger partial charge in [-0.2, -0.15) is 16.7 Å². The Hall–Kier alpha value is -1.17. The average Bonchev–Trinajstić information content (AvgIpc) is 2.36. The molecule has 94 valence electrons. The molecule has 5 nitrogen and oxygen atoms in total. The molecule has 0 amide bonds. The van der Waals surface area contributed by atoms with Gasteiger partial charge in [0.25, 0.3) is 0 Å². The smallest absolute Gasteiger partial charge is 0.242 e. The maximum Gasteiger partial charge on any atom is 0.242 e. The lowest BCUT2D eigenvalue weighted by Gasteiger charge is -2.23. The summed E-state index contributed by atoms with van der Waals surface area (Å²) in [6.45, 7) is 2.47. The Bertz CT molecular complexity index is 368. The maximum absolute atomic E-state index is 5.97. The van der Waals surface area contributed by atoms with Crippen molar-refractivity contribution in [2.24, 2.45) is 0 Å². The van der Waals surface area contributed by atoms with Crippen LogP contribution in [0.1, 0.15) is 19.8 Å². The van der Waals surface area contributed by atoms with Gasteiger partial charge in [0.15, 0.2) is 5.82 Å². The van der Waals surface area contributed by atoms with Crippen molar-refractivity contribution in [3.63, 3.8) is 0 Å². The second-order valence-corrected chi connectivity index (χ2v) is 5.13. The first-order valence-electron chi connectivity index (χ1n) is 5.88. The molecule has 1 fully saturated rings. The van der Waals surface area contributed by atoms with E-state index in [1.165, 1.54) is 17.8 Å². The van der Waals surface area contributed by atoms with E-state index in [0.717, 1.165) is 12.8 Å². The van der Waals surface area contributed by atoms with Crippen molar-refractivity contribution in [1.82, 2.24) is 9.97 Å². The summed E-state index contributed by atoms with van der Waals surface area (Å²) >= 11 is 2.00. The van der Waals surface area contributed by atoms with Gasteiger partial charge in [-0.25, -0.2) is 4.98 Å². The Morgan fingerprint density at radius 2 is 2.24 bits per heavy atom. The molecule has 0 bridgehead atoms. The number of aromatic nitrogens is 2. The van der Waals surface area contributed by atoms with Gasteiger partial charge in [0.1, 0.15) is 12.0 Å². The second kappa shape index (κ2) is 5.95. The first-order valence-corrected chi connectivity index (χ1v) is 7.04. The van der Waals surface area contributed by atoms with Crippen LogP contribution in [0.25, 0.3) is 0 Å². The van der Waals surface area contributed by atoms with E-state index in [1.54, 1.807) is 0 Å². The molecule has 0 radical (unpaired) electrons. The van der Waals surface area contributed by atoms with Crippen molar-refractivity contribution < 1.29 is 4.74 Å². The highest BCUT2D eigenvalue weighted by Gasteiger charge is 2.16. The van der Waals surface area contributed by atoms with Gasteiger partial charge in [0.2, 0.25) is 5.88 Å². The van der Waals surface area contributed by atoms with Crippen LogP contribution in [0.3, 0.4) is 0 Å². The molecule has 0 aromatic carbocycles. The second-order valence-electron chi connectivity index (χ2n) is 3.91. The zero-order valence-electron chi connectivity index (χ0n) is 9.98. The largest absolute Gasteiger partial charge is 0.476 e. The van der Waals surface area contributed by atoms with Crippen LogP contribution >= 0.6 is 11.8 Å². The molecule has 1 aromatic heterocycles. The zero-order valence-corrected chi connectivity index (χ0v) is 10.8. The van der Waals surface area contributed by atoms with E-state index < -0.39 is 0 Å². The summed E-state index contributed by atoms with van der Waals surface area (Å²) in [5.41, 5.74) is 6.48. The van der Waals surface area contributed by atoms with Crippen LogP contribution in [0.4, 0.5) is 11.5 Å². The molecule has 17 heavy (non-hydrogen) atoms. The highest BCUT2D eigenvalue weighted by atomic mass is 32.2. The number of hydrogen-bond donors (Lipinski definition) is 2. The van der Waals surface area contributed by atoms with Crippen LogP contribution in [0, 0.1) is 0 Å². The van der Waals surface area contributed by atoms with E-state index in [2.05, 4.69) is 15.3 Å². The molecule has 6 heteroatoms. The Morgan fingerprint density at radius 1 is 1.47 bits per heavy atom. The fraction of sp³-hybridized carbons (Fsp3) is 0.636. The summed E-state index contributed by atoms with van der Waals surface area (Å²) in [4.78, 5) is 8.20. The minimum Gasteiger partial charge on any atom is -0.476 e. The number of anilines is 2. The van der Waals surface area contributed by atoms with Gasteiger partial charge in [-0.05, 0) is 31.3 Å². The number of thioether (sulfide) groups is 1. The van der Waals surface area contributed by atoms with Crippen molar-refractivity contribution in [2.75, 3.05) is 29.2 Å². The number of nitrogens with one attached hydrogen (secondary N) is 1. The molecule has 0 spiro atoms. The molecule has 1 aromatic rings. The lowest BCUT2D eigenvalue weighted by molar-refractivity contribution is 0.328. The van der Waals surface area contributed by atoms with Crippen LogP contribution in [-0.2, 0) is 0 Å². The normalized spacial score (nSPS) is 16.8. The number of nitrogens with zero attached hydrogens (tertiary/aromatic N) is 2. The molecule has 1 aliphatic rings. The zero-order chi connectivity index (χ0) is 12.1. The molecule has 0 atom stereocenters. The Morgan fingerprint density at radius 3 is 2.94 bits per heavy atom. The quantitative estimate of drug-likeness (QED) is 0.853. The predicted octanol–water partition coefficient (Wildman–Crippen LogP) is 1.76. The van der Waals surface area contributed by atoms with Crippen LogP contribution in [0.2, 0.25) is 0 Å². The first-order chi connectivity index (χ1) is 8.31.